The van der Waals surface area contributed by atoms with Crippen LogP contribution in [0.25, 0.3) is 0 Å². The predicted octanol–water partition coefficient (Wildman–Crippen LogP) is 3.98. The Labute approximate surface area is 161 Å². The molecule has 0 aliphatic heterocycles. The Morgan fingerprint density at radius 3 is 2.46 bits per heavy atom. The molecular formula is C20H30ClN3O2. The number of nitrogens with one attached hydrogen (secondary N) is 3. The summed E-state index contributed by atoms with van der Waals surface area (Å²) >= 11 is 6.15. The van der Waals surface area contributed by atoms with Gasteiger partial charge < -0.3 is 16.0 Å². The molecule has 0 aromatic heterocycles. The van der Waals surface area contributed by atoms with Crippen molar-refractivity contribution in [2.24, 2.45) is 5.92 Å². The molecule has 0 bridgehead atoms. The summed E-state index contributed by atoms with van der Waals surface area (Å²) in [7, 11) is 0. The first-order valence-corrected chi connectivity index (χ1v) is 9.97. The van der Waals surface area contributed by atoms with E-state index in [-0.39, 0.29) is 17.7 Å². The van der Waals surface area contributed by atoms with Crippen LogP contribution in [-0.2, 0) is 4.79 Å². The van der Waals surface area contributed by atoms with E-state index in [1.54, 1.807) is 18.2 Å². The van der Waals surface area contributed by atoms with Gasteiger partial charge in [-0.15, -0.1) is 0 Å². The number of amides is 2. The van der Waals surface area contributed by atoms with E-state index in [1.165, 1.54) is 38.5 Å². The highest BCUT2D eigenvalue weighted by Gasteiger charge is 2.14. The fourth-order valence-corrected chi connectivity index (χ4v) is 3.30. The summed E-state index contributed by atoms with van der Waals surface area (Å²) in [5.74, 6) is -0.442. The molecule has 1 fully saturated rings. The van der Waals surface area contributed by atoms with Gasteiger partial charge in [0.1, 0.15) is 0 Å². The van der Waals surface area contributed by atoms with E-state index in [0.29, 0.717) is 28.9 Å². The van der Waals surface area contributed by atoms with Crippen molar-refractivity contribution in [3.05, 3.63) is 28.8 Å². The summed E-state index contributed by atoms with van der Waals surface area (Å²) < 4.78 is 0. The molecule has 2 rings (SSSR count). The van der Waals surface area contributed by atoms with Crippen LogP contribution in [0, 0.1) is 5.92 Å². The van der Waals surface area contributed by atoms with E-state index in [4.69, 9.17) is 11.6 Å². The number of hydrogen-bond acceptors (Lipinski definition) is 3. The van der Waals surface area contributed by atoms with Gasteiger partial charge in [0.25, 0.3) is 5.91 Å². The normalized spacial score (nSPS) is 15.5. The summed E-state index contributed by atoms with van der Waals surface area (Å²) in [5, 5.41) is 9.59. The van der Waals surface area contributed by atoms with E-state index in [9.17, 15) is 9.59 Å². The topological polar surface area (TPSA) is 70.2 Å². The van der Waals surface area contributed by atoms with Gasteiger partial charge >= 0.3 is 0 Å². The Morgan fingerprint density at radius 2 is 1.81 bits per heavy atom. The summed E-state index contributed by atoms with van der Waals surface area (Å²) in [4.78, 5) is 24.2. The van der Waals surface area contributed by atoms with Crippen molar-refractivity contribution in [3.8, 4) is 0 Å². The van der Waals surface area contributed by atoms with E-state index >= 15 is 0 Å². The first-order valence-electron chi connectivity index (χ1n) is 9.59. The van der Waals surface area contributed by atoms with Crippen LogP contribution in [0.4, 0.5) is 5.69 Å². The van der Waals surface area contributed by atoms with Crippen LogP contribution < -0.4 is 16.0 Å². The number of carbonyl (C=O) groups is 2. The number of carbonyl (C=O) groups excluding carboxylic acids is 2. The van der Waals surface area contributed by atoms with Gasteiger partial charge in [0.15, 0.2) is 0 Å². The SMILES string of the molecule is CC(C)C(=O)Nc1ccc(Cl)c(C(=O)NCCNC2CCCCCC2)c1. The number of halogens is 1. The molecule has 1 saturated carbocycles. The van der Waals surface area contributed by atoms with Gasteiger partial charge in [0, 0.05) is 30.7 Å². The molecule has 0 heterocycles. The highest BCUT2D eigenvalue weighted by molar-refractivity contribution is 6.34. The minimum absolute atomic E-state index is 0.0914. The van der Waals surface area contributed by atoms with Gasteiger partial charge in [-0.25, -0.2) is 0 Å². The zero-order valence-corrected chi connectivity index (χ0v) is 16.5. The average molecular weight is 380 g/mol. The lowest BCUT2D eigenvalue weighted by Gasteiger charge is -2.16. The molecule has 0 saturated heterocycles. The second-order valence-corrected chi connectivity index (χ2v) is 7.64. The van der Waals surface area contributed by atoms with Gasteiger partial charge in [-0.3, -0.25) is 9.59 Å². The van der Waals surface area contributed by atoms with E-state index in [1.807, 2.05) is 13.8 Å². The van der Waals surface area contributed by atoms with Crippen LogP contribution in [0.5, 0.6) is 0 Å². The van der Waals surface area contributed by atoms with Gasteiger partial charge in [-0.1, -0.05) is 51.1 Å². The molecule has 5 nitrogen and oxygen atoms in total. The zero-order valence-electron chi connectivity index (χ0n) is 15.7. The molecule has 26 heavy (non-hydrogen) atoms. The zero-order chi connectivity index (χ0) is 18.9. The number of benzene rings is 1. The highest BCUT2D eigenvalue weighted by Crippen LogP contribution is 2.21. The van der Waals surface area contributed by atoms with Crippen LogP contribution in [-0.4, -0.2) is 30.9 Å². The third-order valence-electron chi connectivity index (χ3n) is 4.70. The first-order chi connectivity index (χ1) is 12.5. The molecule has 0 atom stereocenters. The lowest BCUT2D eigenvalue weighted by Crippen LogP contribution is -2.37. The van der Waals surface area contributed by atoms with Crippen molar-refractivity contribution in [3.63, 3.8) is 0 Å². The Balaban J connectivity index is 1.83. The average Bonchev–Trinajstić information content (AvgIpc) is 2.88. The summed E-state index contributed by atoms with van der Waals surface area (Å²) in [6.45, 7) is 4.94. The van der Waals surface area contributed by atoms with Gasteiger partial charge in [-0.2, -0.15) is 0 Å². The van der Waals surface area contributed by atoms with Gasteiger partial charge in [0.2, 0.25) is 5.91 Å². The van der Waals surface area contributed by atoms with Crippen molar-refractivity contribution in [1.29, 1.82) is 0 Å². The highest BCUT2D eigenvalue weighted by atomic mass is 35.5. The van der Waals surface area contributed by atoms with Crippen LogP contribution >= 0.6 is 11.6 Å². The van der Waals surface area contributed by atoms with Gasteiger partial charge in [-0.05, 0) is 31.0 Å². The number of rotatable bonds is 7. The molecule has 1 aromatic carbocycles. The van der Waals surface area contributed by atoms with E-state index in [0.717, 1.165) is 6.54 Å². The van der Waals surface area contributed by atoms with Crippen molar-refractivity contribution in [1.82, 2.24) is 10.6 Å². The molecule has 6 heteroatoms. The largest absolute Gasteiger partial charge is 0.351 e. The maximum atomic E-state index is 12.4. The fourth-order valence-electron chi connectivity index (χ4n) is 3.09. The molecule has 0 unspecified atom stereocenters. The molecule has 1 aromatic rings. The van der Waals surface area contributed by atoms with Crippen LogP contribution in [0.1, 0.15) is 62.7 Å². The molecule has 144 valence electrons. The molecule has 0 radical (unpaired) electrons. The van der Waals surface area contributed by atoms with Crippen molar-refractivity contribution >= 4 is 29.1 Å². The number of hydrogen-bond donors (Lipinski definition) is 3. The lowest BCUT2D eigenvalue weighted by atomic mass is 10.1. The molecular weight excluding hydrogens is 350 g/mol. The second-order valence-electron chi connectivity index (χ2n) is 7.24. The molecule has 0 spiro atoms. The third kappa shape index (κ3) is 6.61. The third-order valence-corrected chi connectivity index (χ3v) is 5.03. The first kappa shape index (κ1) is 20.7. The van der Waals surface area contributed by atoms with Crippen LogP contribution in [0.3, 0.4) is 0 Å². The predicted molar refractivity (Wildman–Crippen MR) is 107 cm³/mol. The van der Waals surface area contributed by atoms with Crippen molar-refractivity contribution in [2.45, 2.75) is 58.4 Å². The molecule has 2 amide bonds. The molecule has 1 aliphatic rings. The Morgan fingerprint density at radius 1 is 1.12 bits per heavy atom. The molecule has 3 N–H and O–H groups in total. The standard InChI is InChI=1S/C20H30ClN3O2/c1-14(2)19(25)24-16-9-10-18(21)17(13-16)20(26)23-12-11-22-15-7-5-3-4-6-8-15/h9-10,13-15,22H,3-8,11-12H2,1-2H3,(H,23,26)(H,24,25). The Kier molecular flexibility index (Phi) is 8.39. The minimum atomic E-state index is -0.224. The summed E-state index contributed by atoms with van der Waals surface area (Å²) in [6.07, 6.45) is 7.67. The van der Waals surface area contributed by atoms with Crippen LogP contribution in [0.2, 0.25) is 5.02 Å². The summed E-state index contributed by atoms with van der Waals surface area (Å²) in [6, 6.07) is 5.52. The minimum Gasteiger partial charge on any atom is -0.351 e. The summed E-state index contributed by atoms with van der Waals surface area (Å²) in [5.41, 5.74) is 0.956. The smallest absolute Gasteiger partial charge is 0.252 e. The van der Waals surface area contributed by atoms with E-state index in [2.05, 4.69) is 16.0 Å². The van der Waals surface area contributed by atoms with Gasteiger partial charge in [0.05, 0.1) is 10.6 Å². The van der Waals surface area contributed by atoms with Crippen molar-refractivity contribution in [2.75, 3.05) is 18.4 Å². The maximum Gasteiger partial charge on any atom is 0.252 e. The lowest BCUT2D eigenvalue weighted by molar-refractivity contribution is -0.118. The Bertz CT molecular complexity index is 611. The van der Waals surface area contributed by atoms with E-state index < -0.39 is 0 Å². The van der Waals surface area contributed by atoms with Crippen LogP contribution in [0.15, 0.2) is 18.2 Å². The quantitative estimate of drug-likeness (QED) is 0.495. The second kappa shape index (κ2) is 10.5. The van der Waals surface area contributed by atoms with Crippen molar-refractivity contribution < 1.29 is 9.59 Å². The maximum absolute atomic E-state index is 12.4. The monoisotopic (exact) mass is 379 g/mol. The fraction of sp³-hybridized carbons (Fsp3) is 0.600. The number of anilines is 1. The Hall–Kier alpha value is -1.59. The molecule has 1 aliphatic carbocycles.